The lowest BCUT2D eigenvalue weighted by Crippen LogP contribution is -2.05. The molecule has 6 nitrogen and oxygen atoms in total. The van der Waals surface area contributed by atoms with E-state index in [1.807, 2.05) is 72.8 Å². The third kappa shape index (κ3) is 3.75. The zero-order chi connectivity index (χ0) is 20.8. The summed E-state index contributed by atoms with van der Waals surface area (Å²) in [5, 5.41) is 3.91. The SMILES string of the molecule is O=COCOc1ccc2ccccc2c1-c1c(OCOC=O)ccc2ccccc12. The van der Waals surface area contributed by atoms with Gasteiger partial charge in [-0.25, -0.2) is 0 Å². The zero-order valence-corrected chi connectivity index (χ0v) is 15.9. The number of rotatable bonds is 9. The molecule has 4 aromatic carbocycles. The Kier molecular flexibility index (Phi) is 5.75. The molecule has 4 rings (SSSR count). The Hall–Kier alpha value is -4.06. The lowest BCUT2D eigenvalue weighted by molar-refractivity contribution is -0.135. The second kappa shape index (κ2) is 8.96. The maximum atomic E-state index is 10.6. The van der Waals surface area contributed by atoms with Crippen LogP contribution in [0.15, 0.2) is 72.8 Å². The van der Waals surface area contributed by atoms with Crippen molar-refractivity contribution in [2.45, 2.75) is 0 Å². The van der Waals surface area contributed by atoms with Crippen molar-refractivity contribution in [1.82, 2.24) is 0 Å². The molecule has 0 N–H and O–H groups in total. The van der Waals surface area contributed by atoms with Crippen molar-refractivity contribution in [2.75, 3.05) is 13.6 Å². The fourth-order valence-electron chi connectivity index (χ4n) is 3.51. The first-order chi connectivity index (χ1) is 14.8. The van der Waals surface area contributed by atoms with Gasteiger partial charge in [0.05, 0.1) is 0 Å². The van der Waals surface area contributed by atoms with Crippen molar-refractivity contribution in [3.63, 3.8) is 0 Å². The summed E-state index contributed by atoms with van der Waals surface area (Å²) in [6.07, 6.45) is 0. The van der Waals surface area contributed by atoms with Gasteiger partial charge in [-0.05, 0) is 33.7 Å². The van der Waals surface area contributed by atoms with Crippen molar-refractivity contribution >= 4 is 34.5 Å². The van der Waals surface area contributed by atoms with Gasteiger partial charge < -0.3 is 18.9 Å². The third-order valence-corrected chi connectivity index (χ3v) is 4.73. The fourth-order valence-corrected chi connectivity index (χ4v) is 3.51. The normalized spacial score (nSPS) is 10.5. The van der Waals surface area contributed by atoms with Gasteiger partial charge in [-0.3, -0.25) is 9.59 Å². The molecular formula is C24H18O6. The minimum atomic E-state index is -0.218. The molecular weight excluding hydrogens is 384 g/mol. The first-order valence-corrected chi connectivity index (χ1v) is 9.23. The molecule has 0 fully saturated rings. The lowest BCUT2D eigenvalue weighted by Gasteiger charge is -2.19. The van der Waals surface area contributed by atoms with Gasteiger partial charge in [0.15, 0.2) is 0 Å². The Balaban J connectivity index is 1.99. The van der Waals surface area contributed by atoms with E-state index in [-0.39, 0.29) is 13.6 Å². The highest BCUT2D eigenvalue weighted by Crippen LogP contribution is 2.45. The predicted octanol–water partition coefficient (Wildman–Crippen LogP) is 4.68. The van der Waals surface area contributed by atoms with Crippen molar-refractivity contribution in [3.05, 3.63) is 72.8 Å². The molecule has 0 spiro atoms. The first kappa shape index (κ1) is 19.3. The molecule has 0 bridgehead atoms. The van der Waals surface area contributed by atoms with Gasteiger partial charge in [0.1, 0.15) is 11.5 Å². The molecule has 0 saturated heterocycles. The van der Waals surface area contributed by atoms with Gasteiger partial charge in [-0.2, -0.15) is 0 Å². The van der Waals surface area contributed by atoms with Crippen LogP contribution in [-0.4, -0.2) is 26.5 Å². The quantitative estimate of drug-likeness (QED) is 0.230. The molecule has 6 heteroatoms. The van der Waals surface area contributed by atoms with Crippen LogP contribution in [0.1, 0.15) is 0 Å². The van der Waals surface area contributed by atoms with Crippen LogP contribution in [-0.2, 0) is 19.1 Å². The van der Waals surface area contributed by atoms with Crippen molar-refractivity contribution < 1.29 is 28.5 Å². The van der Waals surface area contributed by atoms with E-state index in [0.717, 1.165) is 32.7 Å². The summed E-state index contributed by atoms with van der Waals surface area (Å²) in [6.45, 7) is 0.238. The van der Waals surface area contributed by atoms with E-state index in [4.69, 9.17) is 18.9 Å². The van der Waals surface area contributed by atoms with Crippen molar-refractivity contribution in [1.29, 1.82) is 0 Å². The Morgan fingerprint density at radius 1 is 0.567 bits per heavy atom. The molecule has 0 aliphatic carbocycles. The van der Waals surface area contributed by atoms with E-state index < -0.39 is 0 Å². The molecule has 0 atom stereocenters. The topological polar surface area (TPSA) is 71.1 Å². The average molecular weight is 402 g/mol. The van der Waals surface area contributed by atoms with E-state index >= 15 is 0 Å². The predicted molar refractivity (Wildman–Crippen MR) is 112 cm³/mol. The monoisotopic (exact) mass is 402 g/mol. The van der Waals surface area contributed by atoms with Gasteiger partial charge >= 0.3 is 0 Å². The van der Waals surface area contributed by atoms with Crippen LogP contribution in [0, 0.1) is 0 Å². The third-order valence-electron chi connectivity index (χ3n) is 4.73. The van der Waals surface area contributed by atoms with Gasteiger partial charge in [-0.1, -0.05) is 60.7 Å². The van der Waals surface area contributed by atoms with Gasteiger partial charge in [0.25, 0.3) is 12.9 Å². The Morgan fingerprint density at radius 3 is 1.43 bits per heavy atom. The molecule has 150 valence electrons. The van der Waals surface area contributed by atoms with E-state index in [9.17, 15) is 9.59 Å². The molecule has 0 unspecified atom stereocenters. The molecule has 0 heterocycles. The summed E-state index contributed by atoms with van der Waals surface area (Å²) >= 11 is 0. The van der Waals surface area contributed by atoms with E-state index in [0.29, 0.717) is 24.4 Å². The highest BCUT2D eigenvalue weighted by Gasteiger charge is 2.19. The maximum Gasteiger partial charge on any atom is 0.295 e. The minimum Gasteiger partial charge on any atom is -0.457 e. The smallest absolute Gasteiger partial charge is 0.295 e. The van der Waals surface area contributed by atoms with E-state index in [1.54, 1.807) is 0 Å². The van der Waals surface area contributed by atoms with Crippen molar-refractivity contribution in [3.8, 4) is 22.6 Å². The van der Waals surface area contributed by atoms with Crippen LogP contribution in [0.2, 0.25) is 0 Å². The largest absolute Gasteiger partial charge is 0.457 e. The number of carbonyl (C=O) groups excluding carboxylic acids is 2. The van der Waals surface area contributed by atoms with Gasteiger partial charge in [0, 0.05) is 11.1 Å². The van der Waals surface area contributed by atoms with Crippen LogP contribution >= 0.6 is 0 Å². The number of hydrogen-bond donors (Lipinski definition) is 0. The van der Waals surface area contributed by atoms with Crippen LogP contribution in [0.5, 0.6) is 11.5 Å². The minimum absolute atomic E-state index is 0.218. The molecule has 0 aliphatic rings. The summed E-state index contributed by atoms with van der Waals surface area (Å²) in [5.41, 5.74) is 1.58. The Bertz CT molecular complexity index is 1110. The van der Waals surface area contributed by atoms with E-state index in [2.05, 4.69) is 0 Å². The molecule has 0 aliphatic heterocycles. The highest BCUT2D eigenvalue weighted by atomic mass is 16.7. The summed E-state index contributed by atoms with van der Waals surface area (Å²) in [4.78, 5) is 21.1. The summed E-state index contributed by atoms with van der Waals surface area (Å²) in [6, 6.07) is 23.3. The van der Waals surface area contributed by atoms with Gasteiger partial charge in [0.2, 0.25) is 13.6 Å². The summed E-state index contributed by atoms with van der Waals surface area (Å²) < 4.78 is 21.0. The molecule has 0 aromatic heterocycles. The number of benzene rings is 4. The average Bonchev–Trinajstić information content (AvgIpc) is 2.79. The summed E-state index contributed by atoms with van der Waals surface area (Å²) in [7, 11) is 0. The number of fused-ring (bicyclic) bond motifs is 2. The maximum absolute atomic E-state index is 10.6. The summed E-state index contributed by atoms with van der Waals surface area (Å²) in [5.74, 6) is 1.07. The molecule has 0 amide bonds. The number of hydrogen-bond acceptors (Lipinski definition) is 6. The number of ether oxygens (including phenoxy) is 4. The van der Waals surface area contributed by atoms with Crippen molar-refractivity contribution in [2.24, 2.45) is 0 Å². The van der Waals surface area contributed by atoms with Crippen LogP contribution in [0.4, 0.5) is 0 Å². The molecule has 0 radical (unpaired) electrons. The Labute approximate surface area is 172 Å². The van der Waals surface area contributed by atoms with E-state index in [1.165, 1.54) is 0 Å². The van der Waals surface area contributed by atoms with Crippen LogP contribution in [0.25, 0.3) is 32.7 Å². The molecule has 0 saturated carbocycles. The fraction of sp³-hybridized carbons (Fsp3) is 0.0833. The van der Waals surface area contributed by atoms with Gasteiger partial charge in [-0.15, -0.1) is 0 Å². The van der Waals surface area contributed by atoms with Crippen LogP contribution in [0.3, 0.4) is 0 Å². The lowest BCUT2D eigenvalue weighted by atomic mass is 9.92. The first-order valence-electron chi connectivity index (χ1n) is 9.23. The highest BCUT2D eigenvalue weighted by molar-refractivity contribution is 6.09. The zero-order valence-electron chi connectivity index (χ0n) is 15.9. The number of carbonyl (C=O) groups is 2. The second-order valence-corrected chi connectivity index (χ2v) is 6.37. The Morgan fingerprint density at radius 2 is 1.00 bits per heavy atom. The molecule has 4 aromatic rings. The molecule has 30 heavy (non-hydrogen) atoms. The second-order valence-electron chi connectivity index (χ2n) is 6.37. The standard InChI is InChI=1S/C24H18O6/c25-13-27-15-29-21-11-9-17-5-1-3-7-19(17)23(21)24-20-8-4-2-6-18(20)10-12-22(24)30-16-28-14-26/h1-14H,15-16H2. The van der Waals surface area contributed by atoms with Crippen LogP contribution < -0.4 is 9.47 Å².